The van der Waals surface area contributed by atoms with E-state index in [9.17, 15) is 9.59 Å². The van der Waals surface area contributed by atoms with Crippen LogP contribution in [0.3, 0.4) is 0 Å². The number of hydrogen-bond donors (Lipinski definition) is 2. The molecule has 0 saturated carbocycles. The fourth-order valence-electron chi connectivity index (χ4n) is 0.504. The molecular formula is C11H22N2O5. The molecule has 7 nitrogen and oxygen atoms in total. The molecule has 0 aromatic heterocycles. The van der Waals surface area contributed by atoms with Crippen LogP contribution in [0.4, 0.5) is 0 Å². The van der Waals surface area contributed by atoms with Crippen LogP contribution in [0, 0.1) is 0 Å². The summed E-state index contributed by atoms with van der Waals surface area (Å²) < 4.78 is 4.83. The zero-order valence-electron chi connectivity index (χ0n) is 11.1. The highest BCUT2D eigenvalue weighted by atomic mass is 16.5. The largest absolute Gasteiger partial charge is 0.394 e. The average Bonchev–Trinajstić information content (AvgIpc) is 2.39. The summed E-state index contributed by atoms with van der Waals surface area (Å²) in [5.41, 5.74) is 0. The van der Waals surface area contributed by atoms with Crippen molar-refractivity contribution >= 4 is 12.2 Å². The fraction of sp³-hybridized carbons (Fsp3) is 0.818. The van der Waals surface area contributed by atoms with E-state index in [4.69, 9.17) is 14.9 Å². The van der Waals surface area contributed by atoms with E-state index in [1.807, 2.05) is 13.8 Å². The van der Waals surface area contributed by atoms with Crippen molar-refractivity contribution in [2.24, 2.45) is 9.98 Å². The van der Waals surface area contributed by atoms with Gasteiger partial charge >= 0.3 is 0 Å². The SMILES string of the molecule is CC(CN=C=O)N=C=O.CCOCC.OCCO. The van der Waals surface area contributed by atoms with E-state index >= 15 is 0 Å². The Morgan fingerprint density at radius 3 is 1.83 bits per heavy atom. The van der Waals surface area contributed by atoms with Crippen molar-refractivity contribution in [2.75, 3.05) is 33.0 Å². The number of ether oxygens (including phenoxy) is 1. The normalized spacial score (nSPS) is 9.39. The molecule has 0 aromatic rings. The number of aliphatic imine (C=N–C) groups is 2. The summed E-state index contributed by atoms with van der Waals surface area (Å²) in [7, 11) is 0. The van der Waals surface area contributed by atoms with Crippen molar-refractivity contribution in [3.8, 4) is 0 Å². The number of hydrogen-bond acceptors (Lipinski definition) is 7. The van der Waals surface area contributed by atoms with Gasteiger partial charge in [-0.05, 0) is 20.8 Å². The van der Waals surface area contributed by atoms with Crippen molar-refractivity contribution in [2.45, 2.75) is 26.8 Å². The summed E-state index contributed by atoms with van der Waals surface area (Å²) >= 11 is 0. The standard InChI is InChI=1S/C5H6N2O2.C4H10O.C2H6O2/c1-5(7-4-9)2-6-3-8;1-3-5-4-2;3-1-2-4/h5H,2H2,1H3;3-4H2,1-2H3;3-4H,1-2H2. The van der Waals surface area contributed by atoms with E-state index in [2.05, 4.69) is 9.98 Å². The number of isocyanates is 2. The molecule has 7 heteroatoms. The zero-order chi connectivity index (χ0) is 14.6. The lowest BCUT2D eigenvalue weighted by Gasteiger charge is -1.91. The summed E-state index contributed by atoms with van der Waals surface area (Å²) in [6.45, 7) is 7.28. The molecule has 0 radical (unpaired) electrons. The van der Waals surface area contributed by atoms with Crippen LogP contribution in [0.5, 0.6) is 0 Å². The van der Waals surface area contributed by atoms with Gasteiger partial charge in [0.1, 0.15) is 0 Å². The van der Waals surface area contributed by atoms with Crippen LogP contribution in [-0.2, 0) is 14.3 Å². The number of aliphatic hydroxyl groups excluding tert-OH is 2. The monoisotopic (exact) mass is 262 g/mol. The van der Waals surface area contributed by atoms with Crippen LogP contribution < -0.4 is 0 Å². The molecule has 0 aromatic carbocycles. The highest BCUT2D eigenvalue weighted by molar-refractivity contribution is 5.34. The third kappa shape index (κ3) is 36.5. The Morgan fingerprint density at radius 2 is 1.61 bits per heavy atom. The average molecular weight is 262 g/mol. The van der Waals surface area contributed by atoms with Gasteiger partial charge in [0.25, 0.3) is 0 Å². The Labute approximate surface area is 107 Å². The van der Waals surface area contributed by atoms with Crippen LogP contribution in [-0.4, -0.2) is 61.4 Å². The molecule has 0 saturated heterocycles. The van der Waals surface area contributed by atoms with Gasteiger partial charge in [-0.1, -0.05) is 0 Å². The van der Waals surface area contributed by atoms with E-state index in [1.165, 1.54) is 12.2 Å². The first-order valence-electron chi connectivity index (χ1n) is 5.54. The van der Waals surface area contributed by atoms with Crippen molar-refractivity contribution < 1.29 is 24.5 Å². The number of nitrogens with zero attached hydrogens (tertiary/aromatic N) is 2. The molecule has 0 aliphatic carbocycles. The minimum atomic E-state index is -0.260. The third-order valence-electron chi connectivity index (χ3n) is 1.20. The third-order valence-corrected chi connectivity index (χ3v) is 1.20. The number of aliphatic hydroxyl groups is 2. The summed E-state index contributed by atoms with van der Waals surface area (Å²) in [6, 6.07) is -0.260. The van der Waals surface area contributed by atoms with Gasteiger partial charge in [-0.3, -0.25) is 0 Å². The molecular weight excluding hydrogens is 240 g/mol. The molecule has 0 aliphatic rings. The van der Waals surface area contributed by atoms with Crippen molar-refractivity contribution in [1.29, 1.82) is 0 Å². The second-order valence-corrected chi connectivity index (χ2v) is 2.73. The van der Waals surface area contributed by atoms with E-state index < -0.39 is 0 Å². The first kappa shape index (κ1) is 21.9. The lowest BCUT2D eigenvalue weighted by atomic mass is 10.4. The van der Waals surface area contributed by atoms with E-state index in [1.54, 1.807) is 6.92 Å². The number of rotatable bonds is 6. The molecule has 2 N–H and O–H groups in total. The minimum absolute atomic E-state index is 0.125. The van der Waals surface area contributed by atoms with Crippen LogP contribution in [0.1, 0.15) is 20.8 Å². The van der Waals surface area contributed by atoms with Crippen molar-refractivity contribution in [3.05, 3.63) is 0 Å². The summed E-state index contributed by atoms with van der Waals surface area (Å²) in [5, 5.41) is 15.2. The maximum Gasteiger partial charge on any atom is 0.235 e. The second kappa shape index (κ2) is 24.7. The van der Waals surface area contributed by atoms with Gasteiger partial charge in [-0.15, -0.1) is 0 Å². The Morgan fingerprint density at radius 1 is 1.11 bits per heavy atom. The van der Waals surface area contributed by atoms with Gasteiger partial charge in [0.2, 0.25) is 12.2 Å². The Hall–Kier alpha value is -1.36. The molecule has 0 spiro atoms. The van der Waals surface area contributed by atoms with E-state index in [0.29, 0.717) is 0 Å². The summed E-state index contributed by atoms with van der Waals surface area (Å²) in [4.78, 5) is 25.5. The van der Waals surface area contributed by atoms with Gasteiger partial charge in [0.15, 0.2) is 0 Å². The molecule has 0 fully saturated rings. The summed E-state index contributed by atoms with van der Waals surface area (Å²) in [5.74, 6) is 0. The maximum absolute atomic E-state index is 9.55. The molecule has 0 heterocycles. The Balaban J connectivity index is -0.000000212. The minimum Gasteiger partial charge on any atom is -0.394 e. The predicted molar refractivity (Wildman–Crippen MR) is 66.9 cm³/mol. The molecule has 0 aliphatic heterocycles. The Kier molecular flexibility index (Phi) is 30.1. The molecule has 0 rings (SSSR count). The van der Waals surface area contributed by atoms with Crippen LogP contribution in [0.25, 0.3) is 0 Å². The summed E-state index contributed by atoms with van der Waals surface area (Å²) in [6.07, 6.45) is 2.70. The predicted octanol–water partition coefficient (Wildman–Crippen LogP) is 0.0603. The zero-order valence-corrected chi connectivity index (χ0v) is 11.1. The molecule has 18 heavy (non-hydrogen) atoms. The van der Waals surface area contributed by atoms with Gasteiger partial charge in [0, 0.05) is 13.2 Å². The first-order chi connectivity index (χ1) is 8.64. The molecule has 106 valence electrons. The molecule has 1 atom stereocenters. The van der Waals surface area contributed by atoms with Crippen molar-refractivity contribution in [3.63, 3.8) is 0 Å². The second-order valence-electron chi connectivity index (χ2n) is 2.73. The highest BCUT2D eigenvalue weighted by Gasteiger charge is 1.93. The van der Waals surface area contributed by atoms with Crippen LogP contribution >= 0.6 is 0 Å². The first-order valence-corrected chi connectivity index (χ1v) is 5.54. The molecule has 0 bridgehead atoms. The maximum atomic E-state index is 9.55. The van der Waals surface area contributed by atoms with Gasteiger partial charge in [0.05, 0.1) is 25.8 Å². The fourth-order valence-corrected chi connectivity index (χ4v) is 0.504. The number of carbonyl (C=O) groups excluding carboxylic acids is 2. The van der Waals surface area contributed by atoms with Gasteiger partial charge in [-0.2, -0.15) is 0 Å². The smallest absolute Gasteiger partial charge is 0.235 e. The van der Waals surface area contributed by atoms with Crippen LogP contribution in [0.15, 0.2) is 9.98 Å². The highest BCUT2D eigenvalue weighted by Crippen LogP contribution is 1.85. The topological polar surface area (TPSA) is 109 Å². The van der Waals surface area contributed by atoms with E-state index in [-0.39, 0.29) is 25.8 Å². The van der Waals surface area contributed by atoms with Gasteiger partial charge < -0.3 is 14.9 Å². The molecule has 0 amide bonds. The quantitative estimate of drug-likeness (QED) is 0.519. The van der Waals surface area contributed by atoms with Crippen LogP contribution in [0.2, 0.25) is 0 Å². The Bertz CT molecular complexity index is 232. The van der Waals surface area contributed by atoms with Crippen molar-refractivity contribution in [1.82, 2.24) is 0 Å². The van der Waals surface area contributed by atoms with Gasteiger partial charge in [-0.25, -0.2) is 19.6 Å². The van der Waals surface area contributed by atoms with E-state index in [0.717, 1.165) is 13.2 Å². The lowest BCUT2D eigenvalue weighted by Crippen LogP contribution is -2.00. The molecule has 1 unspecified atom stereocenters. The lowest BCUT2D eigenvalue weighted by molar-refractivity contribution is 0.162.